The van der Waals surface area contributed by atoms with Gasteiger partial charge in [-0.2, -0.15) is 4.22 Å². The molecule has 1 unspecified atom stereocenters. The monoisotopic (exact) mass is 316 g/mol. The molecule has 1 aliphatic rings. The second kappa shape index (κ2) is 5.41. The van der Waals surface area contributed by atoms with Crippen molar-refractivity contribution in [1.82, 2.24) is 4.22 Å². The maximum Gasteiger partial charge on any atom is 0.498 e. The second-order valence-electron chi connectivity index (χ2n) is 5.54. The van der Waals surface area contributed by atoms with Crippen LogP contribution in [-0.4, -0.2) is 32.3 Å². The van der Waals surface area contributed by atoms with Crippen LogP contribution in [0, 0.1) is 5.92 Å². The van der Waals surface area contributed by atoms with Crippen molar-refractivity contribution in [2.45, 2.75) is 24.8 Å². The van der Waals surface area contributed by atoms with Crippen molar-refractivity contribution in [3.05, 3.63) is 42.5 Å². The van der Waals surface area contributed by atoms with Crippen molar-refractivity contribution in [3.8, 4) is 0 Å². The number of fused-ring (bicyclic) bond motifs is 1. The van der Waals surface area contributed by atoms with Crippen molar-refractivity contribution < 1.29 is 17.9 Å². The molecule has 0 aliphatic carbocycles. The SMILES string of the molecule is CC(C)C1C(=O)O[B]N1S(=O)(=O)c1cccc2ccccc12. The number of carbonyl (C=O) groups excluding carboxylic acids is 1. The molecule has 2 aromatic carbocycles. The molecular weight excluding hydrogens is 301 g/mol. The summed E-state index contributed by atoms with van der Waals surface area (Å²) in [7, 11) is -2.86. The van der Waals surface area contributed by atoms with Crippen LogP contribution in [0.1, 0.15) is 13.8 Å². The van der Waals surface area contributed by atoms with Gasteiger partial charge in [-0.15, -0.1) is 0 Å². The van der Waals surface area contributed by atoms with Gasteiger partial charge in [-0.05, 0) is 17.4 Å². The summed E-state index contributed by atoms with van der Waals surface area (Å²) in [6.07, 6.45) is 0. The quantitative estimate of drug-likeness (QED) is 0.812. The van der Waals surface area contributed by atoms with Gasteiger partial charge in [-0.25, -0.2) is 8.42 Å². The summed E-state index contributed by atoms with van der Waals surface area (Å²) >= 11 is 0. The molecule has 1 aliphatic heterocycles. The number of carbonyl (C=O) groups is 1. The average molecular weight is 316 g/mol. The van der Waals surface area contributed by atoms with Crippen molar-refractivity contribution in [3.63, 3.8) is 0 Å². The molecule has 0 spiro atoms. The molecule has 1 atom stereocenters. The maximum absolute atomic E-state index is 13.0. The Morgan fingerprint density at radius 1 is 1.14 bits per heavy atom. The van der Waals surface area contributed by atoms with E-state index in [4.69, 9.17) is 4.65 Å². The summed E-state index contributed by atoms with van der Waals surface area (Å²) < 4.78 is 31.8. The Bertz CT molecular complexity index is 829. The van der Waals surface area contributed by atoms with E-state index in [2.05, 4.69) is 0 Å². The zero-order valence-corrected chi connectivity index (χ0v) is 13.1. The Morgan fingerprint density at radius 3 is 2.55 bits per heavy atom. The van der Waals surface area contributed by atoms with Gasteiger partial charge in [-0.3, -0.25) is 4.79 Å². The van der Waals surface area contributed by atoms with Crippen LogP contribution in [0.4, 0.5) is 0 Å². The lowest BCUT2D eigenvalue weighted by atomic mass is 10.0. The van der Waals surface area contributed by atoms with Gasteiger partial charge >= 0.3 is 13.6 Å². The van der Waals surface area contributed by atoms with Crippen molar-refractivity contribution in [2.75, 3.05) is 0 Å². The van der Waals surface area contributed by atoms with Crippen LogP contribution in [0.5, 0.6) is 0 Å². The Morgan fingerprint density at radius 2 is 1.82 bits per heavy atom. The fourth-order valence-electron chi connectivity index (χ4n) is 2.65. The van der Waals surface area contributed by atoms with Gasteiger partial charge in [0.2, 0.25) is 10.0 Å². The third-order valence-electron chi connectivity index (χ3n) is 3.72. The first-order chi connectivity index (χ1) is 10.4. The van der Waals surface area contributed by atoms with Crippen molar-refractivity contribution >= 4 is 34.4 Å². The first-order valence-corrected chi connectivity index (χ1v) is 8.42. The predicted octanol–water partition coefficient (Wildman–Crippen LogP) is 1.95. The Kier molecular flexibility index (Phi) is 3.70. The van der Waals surface area contributed by atoms with Gasteiger partial charge < -0.3 is 4.65 Å². The van der Waals surface area contributed by atoms with E-state index >= 15 is 0 Å². The summed E-state index contributed by atoms with van der Waals surface area (Å²) in [4.78, 5) is 12.0. The third kappa shape index (κ3) is 2.30. The highest BCUT2D eigenvalue weighted by molar-refractivity contribution is 7.90. The molecule has 1 saturated heterocycles. The third-order valence-corrected chi connectivity index (χ3v) is 5.51. The second-order valence-corrected chi connectivity index (χ2v) is 7.35. The van der Waals surface area contributed by atoms with Crippen LogP contribution in [0.3, 0.4) is 0 Å². The van der Waals surface area contributed by atoms with Crippen molar-refractivity contribution in [2.24, 2.45) is 5.92 Å². The molecule has 3 rings (SSSR count). The van der Waals surface area contributed by atoms with E-state index in [1.54, 1.807) is 38.1 Å². The lowest BCUT2D eigenvalue weighted by Gasteiger charge is -2.23. The van der Waals surface area contributed by atoms with E-state index < -0.39 is 22.0 Å². The average Bonchev–Trinajstić information content (AvgIpc) is 2.89. The van der Waals surface area contributed by atoms with E-state index in [0.29, 0.717) is 5.39 Å². The molecule has 5 nitrogen and oxygen atoms in total. The zero-order chi connectivity index (χ0) is 15.9. The number of benzene rings is 2. The van der Waals surface area contributed by atoms with Gasteiger partial charge in [0, 0.05) is 5.39 Å². The van der Waals surface area contributed by atoms with Gasteiger partial charge in [0.15, 0.2) is 0 Å². The summed E-state index contributed by atoms with van der Waals surface area (Å²) in [5, 5.41) is 1.45. The summed E-state index contributed by atoms with van der Waals surface area (Å²) in [6, 6.07) is 11.5. The van der Waals surface area contributed by atoms with Gasteiger partial charge in [0.05, 0.1) is 4.90 Å². The first-order valence-electron chi connectivity index (χ1n) is 6.98. The van der Waals surface area contributed by atoms with Crippen LogP contribution in [0.25, 0.3) is 10.8 Å². The van der Waals surface area contributed by atoms with E-state index in [0.717, 1.165) is 17.2 Å². The minimum absolute atomic E-state index is 0.172. The van der Waals surface area contributed by atoms with E-state index in [1.165, 1.54) is 0 Å². The van der Waals surface area contributed by atoms with E-state index in [9.17, 15) is 13.2 Å². The molecule has 0 amide bonds. The topological polar surface area (TPSA) is 63.7 Å². The molecule has 1 radical (unpaired) electrons. The fourth-order valence-corrected chi connectivity index (χ4v) is 4.38. The zero-order valence-electron chi connectivity index (χ0n) is 12.3. The minimum Gasteiger partial charge on any atom is -0.520 e. The molecule has 1 heterocycles. The number of nitrogens with zero attached hydrogens (tertiary/aromatic N) is 1. The van der Waals surface area contributed by atoms with Gasteiger partial charge in [0.1, 0.15) is 6.04 Å². The Labute approximate surface area is 130 Å². The number of sulfonamides is 1. The Hall–Kier alpha value is -1.86. The summed E-state index contributed by atoms with van der Waals surface area (Å²) in [5.74, 6) is -0.727. The van der Waals surface area contributed by atoms with Crippen LogP contribution in [0.15, 0.2) is 47.4 Å². The molecule has 113 valence electrons. The van der Waals surface area contributed by atoms with Crippen LogP contribution < -0.4 is 0 Å². The number of rotatable bonds is 3. The normalized spacial score (nSPS) is 19.4. The van der Waals surface area contributed by atoms with E-state index in [-0.39, 0.29) is 10.8 Å². The standard InChI is InChI=1S/C15H15BNO4S/c1-10(2)14-15(18)21-16-17(14)22(19,20)13-9-5-7-11-6-3-4-8-12(11)13/h3-10,14H,1-2H3. The lowest BCUT2D eigenvalue weighted by molar-refractivity contribution is -0.135. The van der Waals surface area contributed by atoms with Crippen LogP contribution in [-0.2, 0) is 19.5 Å². The molecule has 0 N–H and O–H groups in total. The van der Waals surface area contributed by atoms with Gasteiger partial charge in [-0.1, -0.05) is 50.2 Å². The smallest absolute Gasteiger partial charge is 0.498 e. The fraction of sp³-hybridized carbons (Fsp3) is 0.267. The molecule has 1 fully saturated rings. The lowest BCUT2D eigenvalue weighted by Crippen LogP contribution is -2.42. The highest BCUT2D eigenvalue weighted by Crippen LogP contribution is 2.30. The highest BCUT2D eigenvalue weighted by atomic mass is 32.2. The van der Waals surface area contributed by atoms with Crippen molar-refractivity contribution in [1.29, 1.82) is 0 Å². The summed E-state index contributed by atoms with van der Waals surface area (Å²) in [5.41, 5.74) is 0. The Balaban J connectivity index is 2.15. The van der Waals surface area contributed by atoms with Gasteiger partial charge in [0.25, 0.3) is 0 Å². The first kappa shape index (κ1) is 15.1. The largest absolute Gasteiger partial charge is 0.520 e. The molecule has 2 aromatic rings. The van der Waals surface area contributed by atoms with E-state index in [1.807, 2.05) is 18.2 Å². The minimum atomic E-state index is -3.86. The van der Waals surface area contributed by atoms with Crippen LogP contribution >= 0.6 is 0 Å². The summed E-state index contributed by atoms with van der Waals surface area (Å²) in [6.45, 7) is 3.58. The molecule has 22 heavy (non-hydrogen) atoms. The molecule has 7 heteroatoms. The number of hydrogen-bond donors (Lipinski definition) is 0. The maximum atomic E-state index is 13.0. The van der Waals surface area contributed by atoms with Crippen LogP contribution in [0.2, 0.25) is 0 Å². The molecule has 0 bridgehead atoms. The highest BCUT2D eigenvalue weighted by Gasteiger charge is 2.46. The molecule has 0 saturated carbocycles. The molecule has 0 aromatic heterocycles. The number of hydrogen-bond acceptors (Lipinski definition) is 4. The molecular formula is C15H15BNO4S. The predicted molar refractivity (Wildman–Crippen MR) is 83.4 cm³/mol.